The Balaban J connectivity index is 2.42. The Labute approximate surface area is 69.8 Å². The van der Waals surface area contributed by atoms with E-state index in [2.05, 4.69) is 20.8 Å². The fourth-order valence-electron chi connectivity index (χ4n) is 2.46. The average Bonchev–Trinajstić information content (AvgIpc) is 2.08. The second kappa shape index (κ2) is 3.14. The first kappa shape index (κ1) is 9.05. The van der Waals surface area contributed by atoms with Crippen LogP contribution in [0.25, 0.3) is 0 Å². The van der Waals surface area contributed by atoms with Gasteiger partial charge in [-0.3, -0.25) is 0 Å². The van der Waals surface area contributed by atoms with Crippen molar-refractivity contribution in [3.8, 4) is 0 Å². The van der Waals surface area contributed by atoms with Crippen LogP contribution in [0.1, 0.15) is 46.5 Å². The summed E-state index contributed by atoms with van der Waals surface area (Å²) in [5, 5.41) is 9.38. The van der Waals surface area contributed by atoms with Gasteiger partial charge in [0.25, 0.3) is 0 Å². The zero-order chi connectivity index (χ0) is 8.48. The van der Waals surface area contributed by atoms with Crippen LogP contribution in [0.2, 0.25) is 0 Å². The van der Waals surface area contributed by atoms with Gasteiger partial charge in [0.15, 0.2) is 0 Å². The third kappa shape index (κ3) is 2.48. The molecule has 1 rings (SSSR count). The van der Waals surface area contributed by atoms with Crippen LogP contribution >= 0.6 is 0 Å². The van der Waals surface area contributed by atoms with Crippen LogP contribution in [0.15, 0.2) is 0 Å². The summed E-state index contributed by atoms with van der Waals surface area (Å²) in [4.78, 5) is 0. The van der Waals surface area contributed by atoms with Gasteiger partial charge in [-0.2, -0.15) is 0 Å². The van der Waals surface area contributed by atoms with Gasteiger partial charge >= 0.3 is 0 Å². The fraction of sp³-hybridized carbons (Fsp3) is 1.00. The normalized spacial score (nSPS) is 38.5. The molecule has 0 amide bonds. The molecule has 11 heavy (non-hydrogen) atoms. The van der Waals surface area contributed by atoms with Crippen molar-refractivity contribution in [3.63, 3.8) is 0 Å². The lowest BCUT2D eigenvalue weighted by atomic mass is 9.80. The Morgan fingerprint density at radius 2 is 2.18 bits per heavy atom. The van der Waals surface area contributed by atoms with Gasteiger partial charge in [0.1, 0.15) is 0 Å². The number of hydrogen-bond acceptors (Lipinski definition) is 1. The maximum Gasteiger partial charge on any atom is 0.0545 e. The van der Waals surface area contributed by atoms with Crippen molar-refractivity contribution < 1.29 is 5.11 Å². The van der Waals surface area contributed by atoms with Crippen molar-refractivity contribution in [2.75, 3.05) is 0 Å². The summed E-state index contributed by atoms with van der Waals surface area (Å²) in [5.41, 5.74) is 0.438. The quantitative estimate of drug-likeness (QED) is 0.651. The molecule has 1 aliphatic rings. The highest BCUT2D eigenvalue weighted by Crippen LogP contribution is 2.42. The summed E-state index contributed by atoms with van der Waals surface area (Å²) in [7, 11) is 0. The molecule has 0 spiro atoms. The van der Waals surface area contributed by atoms with Crippen LogP contribution in [-0.2, 0) is 0 Å². The molecular formula is C10H20O. The van der Waals surface area contributed by atoms with E-state index in [4.69, 9.17) is 0 Å². The van der Waals surface area contributed by atoms with Crippen molar-refractivity contribution in [2.45, 2.75) is 52.6 Å². The van der Waals surface area contributed by atoms with E-state index in [-0.39, 0.29) is 6.10 Å². The molecule has 1 aliphatic carbocycles. The summed E-state index contributed by atoms with van der Waals surface area (Å²) >= 11 is 0. The van der Waals surface area contributed by atoms with Crippen molar-refractivity contribution >= 4 is 0 Å². The summed E-state index contributed by atoms with van der Waals surface area (Å²) in [6, 6.07) is 0. The average molecular weight is 156 g/mol. The number of rotatable bonds is 2. The monoisotopic (exact) mass is 156 g/mol. The third-order valence-electron chi connectivity index (χ3n) is 2.71. The predicted molar refractivity (Wildman–Crippen MR) is 47.4 cm³/mol. The fourth-order valence-corrected chi connectivity index (χ4v) is 2.46. The molecule has 0 aromatic heterocycles. The van der Waals surface area contributed by atoms with E-state index >= 15 is 0 Å². The Bertz CT molecular complexity index is 131. The van der Waals surface area contributed by atoms with E-state index in [1.54, 1.807) is 0 Å². The van der Waals surface area contributed by atoms with Gasteiger partial charge in [0, 0.05) is 0 Å². The number of aliphatic hydroxyl groups excluding tert-OH is 1. The van der Waals surface area contributed by atoms with E-state index < -0.39 is 0 Å². The minimum absolute atomic E-state index is 0.0150. The highest BCUT2D eigenvalue weighted by molar-refractivity contribution is 4.85. The molecule has 0 aromatic rings. The van der Waals surface area contributed by atoms with Gasteiger partial charge < -0.3 is 5.11 Å². The predicted octanol–water partition coefficient (Wildman–Crippen LogP) is 2.58. The Morgan fingerprint density at radius 1 is 1.55 bits per heavy atom. The van der Waals surface area contributed by atoms with Crippen LogP contribution in [0.5, 0.6) is 0 Å². The highest BCUT2D eigenvalue weighted by Gasteiger charge is 2.34. The van der Waals surface area contributed by atoms with Crippen molar-refractivity contribution in [1.82, 2.24) is 0 Å². The van der Waals surface area contributed by atoms with E-state index in [9.17, 15) is 5.11 Å². The van der Waals surface area contributed by atoms with Gasteiger partial charge in [0.05, 0.1) is 6.10 Å². The molecule has 2 atom stereocenters. The minimum Gasteiger partial charge on any atom is -0.393 e. The largest absolute Gasteiger partial charge is 0.393 e. The molecule has 0 bridgehead atoms. The van der Waals surface area contributed by atoms with E-state index in [1.165, 1.54) is 12.8 Å². The van der Waals surface area contributed by atoms with Crippen LogP contribution in [0.4, 0.5) is 0 Å². The van der Waals surface area contributed by atoms with E-state index in [0.29, 0.717) is 5.41 Å². The molecule has 0 saturated heterocycles. The van der Waals surface area contributed by atoms with E-state index in [1.807, 2.05) is 0 Å². The van der Waals surface area contributed by atoms with Crippen molar-refractivity contribution in [2.24, 2.45) is 11.3 Å². The molecular weight excluding hydrogens is 136 g/mol. The molecule has 0 heterocycles. The molecule has 1 fully saturated rings. The number of hydrogen-bond donors (Lipinski definition) is 1. The standard InChI is InChI=1S/C10H20O/c1-8(2)6-10(3)5-4-9(11)7-10/h8-9,11H,4-7H2,1-3H3. The molecule has 1 heteroatoms. The first-order chi connectivity index (χ1) is 5.02. The van der Waals surface area contributed by atoms with Gasteiger partial charge in [0.2, 0.25) is 0 Å². The summed E-state index contributed by atoms with van der Waals surface area (Å²) in [6.45, 7) is 6.83. The zero-order valence-electron chi connectivity index (χ0n) is 7.93. The molecule has 1 N–H and O–H groups in total. The molecule has 2 unspecified atom stereocenters. The number of aliphatic hydroxyl groups is 1. The van der Waals surface area contributed by atoms with Gasteiger partial charge in [-0.05, 0) is 37.0 Å². The lowest BCUT2D eigenvalue weighted by Gasteiger charge is -2.25. The molecule has 0 aliphatic heterocycles. The first-order valence-corrected chi connectivity index (χ1v) is 4.70. The second-order valence-electron chi connectivity index (χ2n) is 4.81. The maximum atomic E-state index is 9.38. The summed E-state index contributed by atoms with van der Waals surface area (Å²) in [6.07, 6.45) is 4.50. The van der Waals surface area contributed by atoms with Crippen molar-refractivity contribution in [1.29, 1.82) is 0 Å². The van der Waals surface area contributed by atoms with Crippen molar-refractivity contribution in [3.05, 3.63) is 0 Å². The molecule has 1 saturated carbocycles. The molecule has 0 aromatic carbocycles. The Morgan fingerprint density at radius 3 is 2.55 bits per heavy atom. The maximum absolute atomic E-state index is 9.38. The lowest BCUT2D eigenvalue weighted by molar-refractivity contribution is 0.155. The lowest BCUT2D eigenvalue weighted by Crippen LogP contribution is -2.15. The van der Waals surface area contributed by atoms with Crippen LogP contribution in [0, 0.1) is 11.3 Å². The van der Waals surface area contributed by atoms with Crippen LogP contribution < -0.4 is 0 Å². The van der Waals surface area contributed by atoms with Gasteiger partial charge in [-0.25, -0.2) is 0 Å². The Hall–Kier alpha value is -0.0400. The topological polar surface area (TPSA) is 20.2 Å². The zero-order valence-corrected chi connectivity index (χ0v) is 7.93. The summed E-state index contributed by atoms with van der Waals surface area (Å²) in [5.74, 6) is 0.769. The molecule has 66 valence electrons. The van der Waals surface area contributed by atoms with E-state index in [0.717, 1.165) is 18.8 Å². The molecule has 0 radical (unpaired) electrons. The third-order valence-corrected chi connectivity index (χ3v) is 2.71. The summed E-state index contributed by atoms with van der Waals surface area (Å²) < 4.78 is 0. The highest BCUT2D eigenvalue weighted by atomic mass is 16.3. The molecule has 1 nitrogen and oxygen atoms in total. The smallest absolute Gasteiger partial charge is 0.0545 e. The minimum atomic E-state index is -0.0150. The SMILES string of the molecule is CC(C)CC1(C)CCC(O)C1. The van der Waals surface area contributed by atoms with Gasteiger partial charge in [-0.1, -0.05) is 20.8 Å². The first-order valence-electron chi connectivity index (χ1n) is 4.70. The van der Waals surface area contributed by atoms with Gasteiger partial charge in [-0.15, -0.1) is 0 Å². The van der Waals surface area contributed by atoms with Crippen LogP contribution in [0.3, 0.4) is 0 Å². The second-order valence-corrected chi connectivity index (χ2v) is 4.81. The van der Waals surface area contributed by atoms with Crippen LogP contribution in [-0.4, -0.2) is 11.2 Å². The Kier molecular flexibility index (Phi) is 2.58.